The summed E-state index contributed by atoms with van der Waals surface area (Å²) in [7, 11) is 0. The van der Waals surface area contributed by atoms with Crippen LogP contribution in [0.5, 0.6) is 0 Å². The maximum absolute atomic E-state index is 12.8. The van der Waals surface area contributed by atoms with Gasteiger partial charge in [-0.05, 0) is 42.7 Å². The van der Waals surface area contributed by atoms with E-state index < -0.39 is 0 Å². The molecule has 34 heavy (non-hydrogen) atoms. The van der Waals surface area contributed by atoms with Crippen molar-refractivity contribution in [1.29, 1.82) is 0 Å². The Morgan fingerprint density at radius 1 is 0.941 bits per heavy atom. The molecule has 2 fully saturated rings. The molecule has 2 aliphatic rings. The van der Waals surface area contributed by atoms with Gasteiger partial charge in [-0.3, -0.25) is 9.59 Å². The van der Waals surface area contributed by atoms with Gasteiger partial charge in [0.1, 0.15) is 5.82 Å². The highest BCUT2D eigenvalue weighted by Gasteiger charge is 2.44. The zero-order valence-corrected chi connectivity index (χ0v) is 19.1. The third kappa shape index (κ3) is 4.59. The van der Waals surface area contributed by atoms with Crippen LogP contribution in [0, 0.1) is 5.41 Å². The number of para-hydroxylation sites is 2. The molecule has 1 spiro atoms. The van der Waals surface area contributed by atoms with Gasteiger partial charge in [0.25, 0.3) is 5.91 Å². The fourth-order valence-corrected chi connectivity index (χ4v) is 5.01. The van der Waals surface area contributed by atoms with Gasteiger partial charge in [0.15, 0.2) is 0 Å². The number of amides is 2. The Bertz CT molecular complexity index is 1180. The highest BCUT2D eigenvalue weighted by atomic mass is 16.2. The summed E-state index contributed by atoms with van der Waals surface area (Å²) < 4.78 is 0. The highest BCUT2D eigenvalue weighted by Crippen LogP contribution is 2.41. The van der Waals surface area contributed by atoms with E-state index in [0.29, 0.717) is 23.4 Å². The van der Waals surface area contributed by atoms with Crippen LogP contribution >= 0.6 is 0 Å². The van der Waals surface area contributed by atoms with Crippen molar-refractivity contribution in [2.24, 2.45) is 5.41 Å². The summed E-state index contributed by atoms with van der Waals surface area (Å²) in [6.45, 7) is 3.39. The van der Waals surface area contributed by atoms with Gasteiger partial charge in [-0.25, -0.2) is 4.98 Å². The molecular weight excluding hydrogens is 426 g/mol. The second kappa shape index (κ2) is 9.17. The first kappa shape index (κ1) is 21.9. The molecule has 2 saturated heterocycles. The first-order chi connectivity index (χ1) is 16.5. The van der Waals surface area contributed by atoms with E-state index in [9.17, 15) is 9.59 Å². The van der Waals surface area contributed by atoms with Gasteiger partial charge in [0, 0.05) is 37.8 Å². The molecule has 5 rings (SSSR count). The maximum atomic E-state index is 12.8. The third-order valence-electron chi connectivity index (χ3n) is 6.97. The van der Waals surface area contributed by atoms with Crippen molar-refractivity contribution < 1.29 is 9.59 Å². The predicted octanol–water partition coefficient (Wildman–Crippen LogP) is 3.59. The number of nitrogens with zero attached hydrogens (tertiary/aromatic N) is 3. The van der Waals surface area contributed by atoms with Crippen molar-refractivity contribution in [3.8, 4) is 0 Å². The number of aromatic nitrogens is 1. The van der Waals surface area contributed by atoms with Crippen LogP contribution in [-0.4, -0.2) is 47.9 Å². The molecule has 2 aromatic carbocycles. The van der Waals surface area contributed by atoms with Crippen LogP contribution in [0.3, 0.4) is 0 Å². The first-order valence-electron chi connectivity index (χ1n) is 11.7. The lowest BCUT2D eigenvalue weighted by atomic mass is 9.86. The molecule has 3 heterocycles. The van der Waals surface area contributed by atoms with Crippen molar-refractivity contribution in [2.45, 2.75) is 19.3 Å². The Morgan fingerprint density at radius 2 is 1.71 bits per heavy atom. The number of carbonyl (C=O) groups is 2. The van der Waals surface area contributed by atoms with Crippen LogP contribution in [-0.2, 0) is 11.2 Å². The van der Waals surface area contributed by atoms with Crippen LogP contribution in [0.15, 0.2) is 72.9 Å². The molecule has 3 aromatic rings. The number of nitrogens with one attached hydrogen (secondary N) is 1. The van der Waals surface area contributed by atoms with E-state index in [2.05, 4.69) is 15.2 Å². The molecule has 0 aliphatic carbocycles. The summed E-state index contributed by atoms with van der Waals surface area (Å²) in [5, 5.41) is 2.83. The number of rotatable bonds is 5. The van der Waals surface area contributed by atoms with E-state index >= 15 is 0 Å². The summed E-state index contributed by atoms with van der Waals surface area (Å²) in [4.78, 5) is 34.2. The largest absolute Gasteiger partial charge is 0.397 e. The number of likely N-dealkylation sites (tertiary alicyclic amines) is 1. The number of pyridine rings is 1. The summed E-state index contributed by atoms with van der Waals surface area (Å²) >= 11 is 0. The van der Waals surface area contributed by atoms with Crippen LogP contribution in [0.25, 0.3) is 0 Å². The first-order valence-corrected chi connectivity index (χ1v) is 11.7. The second-order valence-electron chi connectivity index (χ2n) is 9.35. The van der Waals surface area contributed by atoms with Crippen LogP contribution in [0.4, 0.5) is 17.2 Å². The van der Waals surface area contributed by atoms with Gasteiger partial charge in [0.2, 0.25) is 5.91 Å². The number of benzene rings is 2. The van der Waals surface area contributed by atoms with E-state index in [-0.39, 0.29) is 17.2 Å². The molecule has 2 aliphatic heterocycles. The normalized spacial score (nSPS) is 19.5. The Balaban J connectivity index is 1.18. The van der Waals surface area contributed by atoms with Crippen molar-refractivity contribution in [3.63, 3.8) is 0 Å². The zero-order chi connectivity index (χ0) is 23.5. The average Bonchev–Trinajstić information content (AvgIpc) is 3.48. The van der Waals surface area contributed by atoms with Crippen molar-refractivity contribution in [3.05, 3.63) is 84.1 Å². The lowest BCUT2D eigenvalue weighted by Gasteiger charge is -2.25. The molecule has 7 nitrogen and oxygen atoms in total. The molecule has 3 N–H and O–H groups in total. The van der Waals surface area contributed by atoms with Crippen LogP contribution in [0.1, 0.15) is 28.8 Å². The minimum Gasteiger partial charge on any atom is -0.397 e. The molecule has 1 aromatic heterocycles. The quantitative estimate of drug-likeness (QED) is 0.574. The van der Waals surface area contributed by atoms with Crippen molar-refractivity contribution >= 4 is 29.0 Å². The monoisotopic (exact) mass is 455 g/mol. The molecular formula is C27H29N5O2. The summed E-state index contributed by atoms with van der Waals surface area (Å²) in [6, 6.07) is 20.8. The average molecular weight is 456 g/mol. The summed E-state index contributed by atoms with van der Waals surface area (Å²) in [6.07, 6.45) is 4.13. The zero-order valence-electron chi connectivity index (χ0n) is 19.1. The molecule has 174 valence electrons. The SMILES string of the molecule is Nc1ccccc1NC(=O)c1ccc(N2CCC3(CCN(C(=O)Cc4ccccc4)C3)C2)nc1. The van der Waals surface area contributed by atoms with E-state index in [4.69, 9.17) is 5.73 Å². The summed E-state index contributed by atoms with van der Waals surface area (Å²) in [5.74, 6) is 0.828. The maximum Gasteiger partial charge on any atom is 0.257 e. The molecule has 7 heteroatoms. The van der Waals surface area contributed by atoms with E-state index in [1.807, 2.05) is 53.4 Å². The standard InChI is InChI=1S/C27H29N5O2/c28-22-8-4-5-9-23(22)30-26(34)21-10-11-24(29-17-21)31-14-12-27(18-31)13-15-32(19-27)25(33)16-20-6-2-1-3-7-20/h1-11,17H,12-16,18-19,28H2,(H,30,34). The molecule has 0 bridgehead atoms. The lowest BCUT2D eigenvalue weighted by Crippen LogP contribution is -2.35. The Hall–Kier alpha value is -3.87. The minimum atomic E-state index is -0.238. The van der Waals surface area contributed by atoms with Gasteiger partial charge in [-0.2, -0.15) is 0 Å². The van der Waals surface area contributed by atoms with Gasteiger partial charge >= 0.3 is 0 Å². The third-order valence-corrected chi connectivity index (χ3v) is 6.97. The Kier molecular flexibility index (Phi) is 5.92. The molecule has 0 radical (unpaired) electrons. The van der Waals surface area contributed by atoms with Crippen LogP contribution < -0.4 is 16.0 Å². The van der Waals surface area contributed by atoms with E-state index in [0.717, 1.165) is 50.4 Å². The summed E-state index contributed by atoms with van der Waals surface area (Å²) in [5.41, 5.74) is 8.69. The number of hydrogen-bond acceptors (Lipinski definition) is 5. The molecule has 2 amide bonds. The molecule has 1 unspecified atom stereocenters. The second-order valence-corrected chi connectivity index (χ2v) is 9.35. The predicted molar refractivity (Wildman–Crippen MR) is 134 cm³/mol. The smallest absolute Gasteiger partial charge is 0.257 e. The fourth-order valence-electron chi connectivity index (χ4n) is 5.01. The topological polar surface area (TPSA) is 91.6 Å². The number of anilines is 3. The van der Waals surface area contributed by atoms with Crippen molar-refractivity contribution in [2.75, 3.05) is 42.1 Å². The van der Waals surface area contributed by atoms with Crippen LogP contribution in [0.2, 0.25) is 0 Å². The van der Waals surface area contributed by atoms with Gasteiger partial charge in [0.05, 0.1) is 23.4 Å². The number of hydrogen-bond donors (Lipinski definition) is 2. The minimum absolute atomic E-state index is 0.120. The van der Waals surface area contributed by atoms with Crippen molar-refractivity contribution in [1.82, 2.24) is 9.88 Å². The van der Waals surface area contributed by atoms with Gasteiger partial charge < -0.3 is 20.9 Å². The Labute approximate surface area is 199 Å². The van der Waals surface area contributed by atoms with Gasteiger partial charge in [-0.15, -0.1) is 0 Å². The highest BCUT2D eigenvalue weighted by molar-refractivity contribution is 6.05. The molecule has 1 atom stereocenters. The van der Waals surface area contributed by atoms with E-state index in [1.54, 1.807) is 24.4 Å². The fraction of sp³-hybridized carbons (Fsp3) is 0.296. The number of nitrogens with two attached hydrogens (primary N) is 1. The lowest BCUT2D eigenvalue weighted by molar-refractivity contribution is -0.129. The Morgan fingerprint density at radius 3 is 2.47 bits per heavy atom. The van der Waals surface area contributed by atoms with E-state index in [1.165, 1.54) is 0 Å². The molecule has 0 saturated carbocycles. The number of carbonyl (C=O) groups excluding carboxylic acids is 2. The number of nitrogen functional groups attached to an aromatic ring is 1. The van der Waals surface area contributed by atoms with Gasteiger partial charge in [-0.1, -0.05) is 42.5 Å².